The number of benzene rings is 5. The molecule has 11 bridgehead atoms. The van der Waals surface area contributed by atoms with Crippen LogP contribution in [-0.4, -0.2) is 266 Å². The summed E-state index contributed by atoms with van der Waals surface area (Å²) in [6.07, 6.45) is -19.3. The van der Waals surface area contributed by atoms with E-state index in [9.17, 15) is 95.5 Å². The number of hydrogen-bond acceptors (Lipinski definition) is 31. The smallest absolute Gasteiger partial charge is 0.330 e. The van der Waals surface area contributed by atoms with Crippen molar-refractivity contribution in [3.63, 3.8) is 0 Å². The molecule has 22 atom stereocenters. The van der Waals surface area contributed by atoms with Crippen molar-refractivity contribution < 1.29 is 148 Å². The number of likely N-dealkylation sites (N-methyl/N-ethyl adjacent to an activating group) is 1. The highest BCUT2D eigenvalue weighted by Crippen LogP contribution is 2.51. The second-order valence-corrected chi connectivity index (χ2v) is 34.7. The molecule has 41 nitrogen and oxygen atoms in total. The molecule has 1 aliphatic carbocycles. The fourth-order valence-corrected chi connectivity index (χ4v) is 16.9. The van der Waals surface area contributed by atoms with Gasteiger partial charge in [0.05, 0.1) is 59.0 Å². The standard InChI is InChI=1S/C87H115Cl2N11O30/c1-7-8-9-10-11-12-13-15-60(107)100-87(5)33-43(25-38(4)77(87)116)126-76-73(114)71(112)58(36-102)129-86(76)130-75-56-29-42-30-57(75)128-55-21-18-41(28-48(55)89)68(109)66-83(122)97-64(85(124)125)45-31-52(104)46(34-92-22-14-23-93-84(123)74(115)72(113)70(111)53(105)35-101)69(110)61(45)44-26-39(16-19-51(44)103)62(80(119)99-66)96-81(120)63(42)95-79(118)50(32-59(90)106)94-82(121)65(98-78(117)49(91-6)24-37(2)3)67(108)40-17-20-54(127-56)47(88)27-40/h16-21,26-31,37-38,43,49-50,53,58,62-68,70-74,76-77,86,91-92,101-105,108-116H,7-15,22-25,32-36H2,1-6H3,(H2,90,106)(H,93,123)(H,94,121)(H,95,118)(H,96,120)(H,97,122)(H,98,117)(H,99,119)(H,100,107)(H,124,125)/t38-,43-,49-,50?,53-,58-,62-,63-,64+,65-,66+,67-,68-,70-,71?,72+,73?,74-,76-,77-,86+,87?/m1/s1. The Morgan fingerprint density at radius 1 is 0.677 bits per heavy atom. The minimum Gasteiger partial charge on any atom is -0.507 e. The number of phenols is 3. The van der Waals surface area contributed by atoms with E-state index in [2.05, 4.69) is 60.1 Å². The number of aliphatic carboxylic acids is 1. The molecule has 9 amide bonds. The summed E-state index contributed by atoms with van der Waals surface area (Å²) in [4.78, 5) is 146. The molecule has 5 aromatic rings. The Kier molecular flexibility index (Phi) is 35.3. The first-order valence-electron chi connectivity index (χ1n) is 42.8. The van der Waals surface area contributed by atoms with Crippen LogP contribution < -0.4 is 73.1 Å². The van der Waals surface area contributed by atoms with E-state index in [1.807, 2.05) is 0 Å². The minimum atomic E-state index is -2.44. The van der Waals surface area contributed by atoms with E-state index in [1.54, 1.807) is 27.7 Å². The lowest BCUT2D eigenvalue weighted by Gasteiger charge is -2.48. The number of carbonyl (C=O) groups excluding carboxylic acids is 9. The average molecular weight is 1870 g/mol. The molecule has 0 spiro atoms. The van der Waals surface area contributed by atoms with E-state index in [-0.39, 0.29) is 73.9 Å². The van der Waals surface area contributed by atoms with Crippen molar-refractivity contribution >= 4 is 82.3 Å². The molecule has 12 rings (SSSR count). The van der Waals surface area contributed by atoms with Gasteiger partial charge in [-0.1, -0.05) is 108 Å². The Morgan fingerprint density at radius 3 is 1.90 bits per heavy atom. The lowest BCUT2D eigenvalue weighted by Crippen LogP contribution is -2.64. The molecule has 2 fully saturated rings. The molecule has 43 heteroatoms. The van der Waals surface area contributed by atoms with Gasteiger partial charge in [0.1, 0.15) is 114 Å². The molecule has 27 N–H and O–H groups in total. The van der Waals surface area contributed by atoms with Crippen LogP contribution in [0, 0.1) is 11.8 Å². The summed E-state index contributed by atoms with van der Waals surface area (Å²) in [5.74, 6) is -19.2. The molecule has 4 unspecified atom stereocenters. The van der Waals surface area contributed by atoms with Gasteiger partial charge in [0.25, 0.3) is 5.91 Å². The second-order valence-electron chi connectivity index (χ2n) is 33.9. The number of carbonyl (C=O) groups is 10. The van der Waals surface area contributed by atoms with Gasteiger partial charge in [0, 0.05) is 36.2 Å². The van der Waals surface area contributed by atoms with Crippen LogP contribution in [0.1, 0.15) is 182 Å². The number of ether oxygens (including phenoxy) is 5. The maximum absolute atomic E-state index is 16.5. The molecule has 712 valence electrons. The number of carboxylic acids is 1. The highest BCUT2D eigenvalue weighted by molar-refractivity contribution is 6.32. The fraction of sp³-hybridized carbons (Fsp3) is 0.540. The number of nitrogens with two attached hydrogens (primary N) is 1. The van der Waals surface area contributed by atoms with Crippen LogP contribution in [0.15, 0.2) is 72.8 Å². The number of unbranched alkanes of at least 4 members (excludes halogenated alkanes) is 6. The molecule has 1 saturated heterocycles. The van der Waals surface area contributed by atoms with Crippen molar-refractivity contribution in [2.45, 2.75) is 252 Å². The van der Waals surface area contributed by atoms with Gasteiger partial charge in [-0.05, 0) is 141 Å². The maximum Gasteiger partial charge on any atom is 0.330 e. The molecule has 7 aliphatic rings. The first-order chi connectivity index (χ1) is 61.6. The number of hydrogen-bond donors (Lipinski definition) is 26. The predicted octanol–water partition coefficient (Wildman–Crippen LogP) is 0.0998. The Hall–Kier alpha value is -10.4. The quantitative estimate of drug-likeness (QED) is 0.0248. The van der Waals surface area contributed by atoms with Gasteiger partial charge in [0.15, 0.2) is 23.6 Å². The third-order valence-electron chi connectivity index (χ3n) is 23.6. The van der Waals surface area contributed by atoms with E-state index in [1.165, 1.54) is 19.2 Å². The average Bonchev–Trinajstić information content (AvgIpc) is 0.748. The molecule has 1 saturated carbocycles. The van der Waals surface area contributed by atoms with Crippen LogP contribution in [0.2, 0.25) is 10.0 Å². The molecule has 6 heterocycles. The minimum absolute atomic E-state index is 0.0167. The first kappa shape index (κ1) is 102. The molecule has 0 radical (unpaired) electrons. The van der Waals surface area contributed by atoms with Crippen molar-refractivity contribution in [1.82, 2.24) is 53.2 Å². The molecular weight excluding hydrogens is 1750 g/mol. The van der Waals surface area contributed by atoms with Crippen molar-refractivity contribution in [2.24, 2.45) is 17.6 Å². The summed E-state index contributed by atoms with van der Waals surface area (Å²) < 4.78 is 33.4. The number of fused-ring (bicyclic) bond motifs is 15. The Balaban J connectivity index is 1.15. The van der Waals surface area contributed by atoms with Crippen molar-refractivity contribution in [3.05, 3.63) is 116 Å². The van der Waals surface area contributed by atoms with Crippen LogP contribution >= 0.6 is 23.2 Å². The highest BCUT2D eigenvalue weighted by atomic mass is 35.5. The molecular formula is C87H115Cl2N11O30. The Labute approximate surface area is 756 Å². The summed E-state index contributed by atoms with van der Waals surface area (Å²) in [5.41, 5.74) is 0.539. The number of halogens is 2. The number of amides is 9. The number of aliphatic hydroxyl groups is 11. The zero-order chi connectivity index (χ0) is 95.2. The van der Waals surface area contributed by atoms with E-state index < -0.39 is 296 Å². The third-order valence-corrected chi connectivity index (χ3v) is 24.2. The van der Waals surface area contributed by atoms with Crippen LogP contribution in [-0.2, 0) is 64.0 Å². The largest absolute Gasteiger partial charge is 0.507 e. The monoisotopic (exact) mass is 1860 g/mol. The molecule has 0 aromatic heterocycles. The van der Waals surface area contributed by atoms with Crippen LogP contribution in [0.5, 0.6) is 46.0 Å². The fourth-order valence-electron chi connectivity index (χ4n) is 16.4. The number of primary amides is 1. The molecule has 5 aromatic carbocycles. The summed E-state index contributed by atoms with van der Waals surface area (Å²) in [7, 11) is 1.46. The number of carboxylic acid groups (broad SMARTS) is 1. The van der Waals surface area contributed by atoms with Gasteiger partial charge in [-0.25, -0.2) is 4.79 Å². The van der Waals surface area contributed by atoms with Crippen LogP contribution in [0.25, 0.3) is 11.1 Å². The second kappa shape index (κ2) is 45.1. The number of phenolic OH excluding ortho intramolecular Hbond substituents is 3. The number of aliphatic hydroxyl groups excluding tert-OH is 11. The third kappa shape index (κ3) is 24.3. The van der Waals surface area contributed by atoms with E-state index in [4.69, 9.17) is 57.7 Å². The van der Waals surface area contributed by atoms with Gasteiger partial charge in [0.2, 0.25) is 59.3 Å². The van der Waals surface area contributed by atoms with Gasteiger partial charge in [-0.3, -0.25) is 43.2 Å². The SMILES string of the molecule is CCCCCCCCCC(=O)NC1(C)C[C@H](O[C@@H]2C(O)C(O)[C@@H](CO)O[C@H]2Oc2c3cc4cc2Oc2ccc(cc2Cl)[C@@H](O)[C@@H](NC(=O)[C@@H](CC(C)C)NC)C(=O)NC(CC(N)=O)C(=O)N[C@H]4C(=O)N[C@H]2C(=O)N[C@H](C(=O)N[C@H](C(=O)O)c4cc(O)c(CNCCCNC(=O)[C@H](O)[C@@H](O)[C@H](O)[C@H](O)CO)c(O)c4-c4cc2ccc4O)[C@H](O)c2ccc(c(Cl)c2)O3)C[C@@H](C)[C@H]1O. The lowest BCUT2D eigenvalue weighted by molar-refractivity contribution is -0.299. The number of aromatic hydroxyl groups is 3. The van der Waals surface area contributed by atoms with Crippen molar-refractivity contribution in [2.75, 3.05) is 33.4 Å². The lowest BCUT2D eigenvalue weighted by atomic mass is 9.73. The molecule has 130 heavy (non-hydrogen) atoms. The highest BCUT2D eigenvalue weighted by Gasteiger charge is 2.53. The van der Waals surface area contributed by atoms with E-state index in [0.29, 0.717) is 6.42 Å². The zero-order valence-corrected chi connectivity index (χ0v) is 73.5. The maximum atomic E-state index is 16.5. The van der Waals surface area contributed by atoms with Crippen molar-refractivity contribution in [1.29, 1.82) is 0 Å². The molecule has 6 aliphatic heterocycles. The van der Waals surface area contributed by atoms with Gasteiger partial charge < -0.3 is 159 Å². The summed E-state index contributed by atoms with van der Waals surface area (Å²) >= 11 is 14.4. The Bertz CT molecular complexity index is 4920. The number of rotatable bonds is 33. The predicted molar refractivity (Wildman–Crippen MR) is 460 cm³/mol. The first-order valence-corrected chi connectivity index (χ1v) is 43.5. The van der Waals surface area contributed by atoms with Gasteiger partial charge >= 0.3 is 5.97 Å². The summed E-state index contributed by atoms with van der Waals surface area (Å²) in [6, 6.07) is -2.43. The van der Waals surface area contributed by atoms with Gasteiger partial charge in [-0.15, -0.1) is 0 Å². The zero-order valence-electron chi connectivity index (χ0n) is 72.0. The van der Waals surface area contributed by atoms with Gasteiger partial charge in [-0.2, -0.15) is 0 Å². The number of nitrogens with one attached hydrogen (secondary N) is 10. The normalized spacial score (nSPS) is 26.4. The summed E-state index contributed by atoms with van der Waals surface area (Å²) in [6.45, 7) is 6.12. The van der Waals surface area contributed by atoms with Crippen molar-refractivity contribution in [3.8, 4) is 57.1 Å². The topological polar surface area (TPSA) is 667 Å². The van der Waals surface area contributed by atoms with Crippen LogP contribution in [0.4, 0.5) is 0 Å². The van der Waals surface area contributed by atoms with E-state index >= 15 is 24.0 Å². The van der Waals surface area contributed by atoms with E-state index in [0.717, 1.165) is 99.2 Å². The van der Waals surface area contributed by atoms with Crippen LogP contribution in [0.3, 0.4) is 0 Å². The Morgan fingerprint density at radius 2 is 1.29 bits per heavy atom. The summed E-state index contributed by atoms with van der Waals surface area (Å²) in [5, 5.41) is 194.